The number of nitrogens with one attached hydrogen (secondary N) is 1. The van der Waals surface area contributed by atoms with Gasteiger partial charge in [0.05, 0.1) is 11.1 Å². The predicted octanol–water partition coefficient (Wildman–Crippen LogP) is 5.83. The van der Waals surface area contributed by atoms with Crippen molar-refractivity contribution in [3.63, 3.8) is 0 Å². The molecule has 0 radical (unpaired) electrons. The summed E-state index contributed by atoms with van der Waals surface area (Å²) in [5, 5.41) is 13.7. The van der Waals surface area contributed by atoms with Gasteiger partial charge in [-0.25, -0.2) is 19.3 Å². The number of anilines is 2. The minimum absolute atomic E-state index is 0.0596. The van der Waals surface area contributed by atoms with Crippen molar-refractivity contribution in [1.82, 2.24) is 19.5 Å². The normalized spacial score (nSPS) is 11.9. The topological polar surface area (TPSA) is 111 Å². The zero-order chi connectivity index (χ0) is 27.0. The number of pyridine rings is 1. The monoisotopic (exact) mass is 510 g/mol. The highest BCUT2D eigenvalue weighted by atomic mass is 19.1. The van der Waals surface area contributed by atoms with Crippen molar-refractivity contribution in [2.75, 3.05) is 11.1 Å². The van der Waals surface area contributed by atoms with Gasteiger partial charge in [-0.05, 0) is 60.9 Å². The molecule has 0 spiro atoms. The summed E-state index contributed by atoms with van der Waals surface area (Å²) in [6.07, 6.45) is 0.548. The number of aromatic nitrogens is 4. The number of ether oxygens (including phenoxy) is 1. The molecule has 0 saturated carbocycles. The van der Waals surface area contributed by atoms with E-state index in [1.54, 1.807) is 31.2 Å². The maximum Gasteiger partial charge on any atom is 0.219 e. The molecule has 1 unspecified atom stereocenters. The minimum atomic E-state index is -0.859. The molecule has 0 amide bonds. The van der Waals surface area contributed by atoms with Gasteiger partial charge < -0.3 is 25.5 Å². The Labute approximate surface area is 219 Å². The Hall–Kier alpha value is -4.76. The van der Waals surface area contributed by atoms with Crippen molar-refractivity contribution >= 4 is 22.5 Å². The number of nitrogens with zero attached hydrogens (tertiary/aromatic N) is 4. The number of aryl methyl sites for hydroxylation is 2. The van der Waals surface area contributed by atoms with E-state index in [4.69, 9.17) is 10.5 Å². The maximum atomic E-state index is 15.3. The summed E-state index contributed by atoms with van der Waals surface area (Å²) in [5.74, 6) is 0.117. The number of rotatable bonds is 7. The van der Waals surface area contributed by atoms with Crippen LogP contribution in [0.25, 0.3) is 33.4 Å². The zero-order valence-electron chi connectivity index (χ0n) is 21.2. The number of aliphatic hydroxyl groups is 1. The molecule has 4 N–H and O–H groups in total. The number of benzene rings is 2. The standard InChI is InChI=1S/C29H27FN6O2/c1-16(2)29(37)35-20-11-8-18(9-12-20)26-24(25-27(31)32-15-33-28(25)36(26)4)19-10-13-22(21(30)14-19)38-23-7-5-6-17(3)34-23/h5-15,29,35,37H,1H2,2-4H3,(H2,31,32,33). The maximum absolute atomic E-state index is 15.3. The third kappa shape index (κ3) is 4.67. The summed E-state index contributed by atoms with van der Waals surface area (Å²) in [6.45, 7) is 7.34. The average Bonchev–Trinajstić information content (AvgIpc) is 3.19. The Morgan fingerprint density at radius 1 is 1.11 bits per heavy atom. The van der Waals surface area contributed by atoms with Crippen molar-refractivity contribution < 1.29 is 14.2 Å². The van der Waals surface area contributed by atoms with E-state index in [2.05, 4.69) is 26.8 Å². The third-order valence-corrected chi connectivity index (χ3v) is 6.22. The highest BCUT2D eigenvalue weighted by Crippen LogP contribution is 2.42. The van der Waals surface area contributed by atoms with E-state index in [0.29, 0.717) is 39.4 Å². The van der Waals surface area contributed by atoms with Gasteiger partial charge in [-0.1, -0.05) is 30.8 Å². The molecule has 5 rings (SSSR count). The van der Waals surface area contributed by atoms with Crippen LogP contribution in [-0.4, -0.2) is 30.9 Å². The van der Waals surface area contributed by atoms with Crippen LogP contribution in [0.3, 0.4) is 0 Å². The first kappa shape index (κ1) is 24.9. The SMILES string of the molecule is C=C(C)C(O)Nc1ccc(-c2c(-c3ccc(Oc4cccc(C)n4)c(F)c3)c3c(N)ncnc3n2C)cc1. The van der Waals surface area contributed by atoms with E-state index in [1.165, 1.54) is 12.4 Å². The summed E-state index contributed by atoms with van der Waals surface area (Å²) >= 11 is 0. The molecule has 38 heavy (non-hydrogen) atoms. The first-order chi connectivity index (χ1) is 18.2. The Balaban J connectivity index is 1.61. The van der Waals surface area contributed by atoms with Crippen molar-refractivity contribution in [3.8, 4) is 34.0 Å². The van der Waals surface area contributed by atoms with Gasteiger partial charge in [0.15, 0.2) is 11.6 Å². The van der Waals surface area contributed by atoms with Crippen molar-refractivity contribution in [3.05, 3.63) is 90.7 Å². The second-order valence-corrected chi connectivity index (χ2v) is 9.08. The fourth-order valence-corrected chi connectivity index (χ4v) is 4.33. The Morgan fingerprint density at radius 3 is 2.53 bits per heavy atom. The molecule has 0 aliphatic rings. The summed E-state index contributed by atoms with van der Waals surface area (Å²) < 4.78 is 23.0. The largest absolute Gasteiger partial charge is 0.436 e. The summed E-state index contributed by atoms with van der Waals surface area (Å²) in [5.41, 5.74) is 11.9. The number of halogens is 1. The molecule has 2 aromatic carbocycles. The van der Waals surface area contributed by atoms with E-state index in [9.17, 15) is 5.11 Å². The Bertz CT molecular complexity index is 1660. The van der Waals surface area contributed by atoms with E-state index in [0.717, 1.165) is 22.6 Å². The Morgan fingerprint density at radius 2 is 1.84 bits per heavy atom. The van der Waals surface area contributed by atoms with Gasteiger partial charge in [-0.2, -0.15) is 0 Å². The molecule has 0 aliphatic carbocycles. The van der Waals surface area contributed by atoms with Crippen LogP contribution in [0.4, 0.5) is 15.9 Å². The highest BCUT2D eigenvalue weighted by molar-refractivity contribution is 6.07. The molecule has 0 saturated heterocycles. The average molecular weight is 511 g/mol. The summed E-state index contributed by atoms with van der Waals surface area (Å²) in [7, 11) is 1.88. The first-order valence-electron chi connectivity index (χ1n) is 11.9. The molecule has 1 atom stereocenters. The van der Waals surface area contributed by atoms with Crippen molar-refractivity contribution in [2.24, 2.45) is 7.05 Å². The molecule has 5 aromatic rings. The highest BCUT2D eigenvalue weighted by Gasteiger charge is 2.23. The quantitative estimate of drug-likeness (QED) is 0.187. The van der Waals surface area contributed by atoms with Gasteiger partial charge in [-0.15, -0.1) is 0 Å². The molecule has 0 bridgehead atoms. The smallest absolute Gasteiger partial charge is 0.219 e. The fraction of sp³-hybridized carbons (Fsp3) is 0.138. The third-order valence-electron chi connectivity index (χ3n) is 6.22. The lowest BCUT2D eigenvalue weighted by molar-refractivity contribution is 0.240. The lowest BCUT2D eigenvalue weighted by Gasteiger charge is -2.15. The second-order valence-electron chi connectivity index (χ2n) is 9.08. The van der Waals surface area contributed by atoms with E-state index >= 15 is 4.39 Å². The van der Waals surface area contributed by atoms with Crippen LogP contribution in [0.1, 0.15) is 12.6 Å². The van der Waals surface area contributed by atoms with Crippen molar-refractivity contribution in [2.45, 2.75) is 20.1 Å². The number of nitrogen functional groups attached to an aromatic ring is 1. The van der Waals surface area contributed by atoms with Gasteiger partial charge in [0.25, 0.3) is 0 Å². The van der Waals surface area contributed by atoms with Crippen LogP contribution in [0, 0.1) is 12.7 Å². The number of hydrogen-bond donors (Lipinski definition) is 3. The van der Waals surface area contributed by atoms with Crippen LogP contribution in [-0.2, 0) is 7.05 Å². The molecule has 3 heterocycles. The van der Waals surface area contributed by atoms with Gasteiger partial charge >= 0.3 is 0 Å². The molecule has 0 fully saturated rings. The van der Waals surface area contributed by atoms with E-state index in [-0.39, 0.29) is 5.75 Å². The zero-order valence-corrected chi connectivity index (χ0v) is 21.2. The summed E-state index contributed by atoms with van der Waals surface area (Å²) in [4.78, 5) is 12.9. The summed E-state index contributed by atoms with van der Waals surface area (Å²) in [6, 6.07) is 17.6. The Kier molecular flexibility index (Phi) is 6.52. The van der Waals surface area contributed by atoms with Crippen LogP contribution in [0.5, 0.6) is 11.6 Å². The number of aliphatic hydroxyl groups excluding tert-OH is 1. The predicted molar refractivity (Wildman–Crippen MR) is 147 cm³/mol. The minimum Gasteiger partial charge on any atom is -0.436 e. The van der Waals surface area contributed by atoms with Gasteiger partial charge in [0, 0.05) is 30.1 Å². The first-order valence-corrected chi connectivity index (χ1v) is 11.9. The molecule has 8 nitrogen and oxygen atoms in total. The molecular formula is C29H27FN6O2. The number of hydrogen-bond acceptors (Lipinski definition) is 7. The lowest BCUT2D eigenvalue weighted by atomic mass is 9.98. The van der Waals surface area contributed by atoms with Gasteiger partial charge in [0.2, 0.25) is 5.88 Å². The number of nitrogens with two attached hydrogens (primary N) is 1. The van der Waals surface area contributed by atoms with E-state index in [1.807, 2.05) is 48.9 Å². The van der Waals surface area contributed by atoms with Crippen LogP contribution >= 0.6 is 0 Å². The second kappa shape index (κ2) is 9.95. The molecule has 0 aliphatic heterocycles. The van der Waals surface area contributed by atoms with Crippen LogP contribution in [0.15, 0.2) is 79.1 Å². The van der Waals surface area contributed by atoms with Crippen LogP contribution in [0.2, 0.25) is 0 Å². The van der Waals surface area contributed by atoms with E-state index < -0.39 is 12.0 Å². The molecular weight excluding hydrogens is 483 g/mol. The van der Waals surface area contributed by atoms with Gasteiger partial charge in [0.1, 0.15) is 24.0 Å². The molecule has 192 valence electrons. The lowest BCUT2D eigenvalue weighted by Crippen LogP contribution is -2.19. The van der Waals surface area contributed by atoms with Crippen molar-refractivity contribution in [1.29, 1.82) is 0 Å². The fourth-order valence-electron chi connectivity index (χ4n) is 4.33. The molecule has 9 heteroatoms. The van der Waals surface area contributed by atoms with Gasteiger partial charge in [-0.3, -0.25) is 0 Å². The molecule has 3 aromatic heterocycles. The number of fused-ring (bicyclic) bond motifs is 1. The van der Waals surface area contributed by atoms with Crippen LogP contribution < -0.4 is 15.8 Å².